The normalized spacial score (nSPS) is 15.4. The van der Waals surface area contributed by atoms with Gasteiger partial charge < -0.3 is 10.1 Å². The minimum absolute atomic E-state index is 0.635. The van der Waals surface area contributed by atoms with Crippen LogP contribution in [0, 0.1) is 5.92 Å². The van der Waals surface area contributed by atoms with E-state index in [-0.39, 0.29) is 0 Å². The van der Waals surface area contributed by atoms with Crippen LogP contribution in [0.15, 0.2) is 10.8 Å². The number of halogens is 1. The van der Waals surface area contributed by atoms with Crippen LogP contribution in [0.2, 0.25) is 0 Å². The second-order valence-corrected chi connectivity index (χ2v) is 5.10. The SMILES string of the molecule is CCNc1ncnc(OCCC2CCC2)c1Br. The van der Waals surface area contributed by atoms with E-state index in [1.54, 1.807) is 0 Å². The zero-order valence-electron chi connectivity index (χ0n) is 10.1. The molecule has 1 aliphatic carbocycles. The molecule has 2 rings (SSSR count). The summed E-state index contributed by atoms with van der Waals surface area (Å²) in [7, 11) is 0. The summed E-state index contributed by atoms with van der Waals surface area (Å²) in [5, 5.41) is 3.16. The van der Waals surface area contributed by atoms with Gasteiger partial charge in [-0.15, -0.1) is 0 Å². The van der Waals surface area contributed by atoms with E-state index in [1.165, 1.54) is 25.6 Å². The molecule has 1 aliphatic rings. The molecule has 0 spiro atoms. The van der Waals surface area contributed by atoms with Gasteiger partial charge in [-0.25, -0.2) is 9.97 Å². The van der Waals surface area contributed by atoms with Gasteiger partial charge in [-0.05, 0) is 35.2 Å². The van der Waals surface area contributed by atoms with Crippen molar-refractivity contribution in [2.24, 2.45) is 5.92 Å². The average Bonchev–Trinajstić information content (AvgIpc) is 2.27. The lowest BCUT2D eigenvalue weighted by molar-refractivity contribution is 0.216. The number of nitrogens with zero attached hydrogens (tertiary/aromatic N) is 2. The lowest BCUT2D eigenvalue weighted by Crippen LogP contribution is -2.15. The summed E-state index contributed by atoms with van der Waals surface area (Å²) in [5.41, 5.74) is 0. The van der Waals surface area contributed by atoms with Crippen LogP contribution < -0.4 is 10.1 Å². The molecular weight excluding hydrogens is 282 g/mol. The minimum atomic E-state index is 0.635. The van der Waals surface area contributed by atoms with E-state index in [9.17, 15) is 0 Å². The van der Waals surface area contributed by atoms with Gasteiger partial charge in [-0.2, -0.15) is 0 Å². The van der Waals surface area contributed by atoms with Gasteiger partial charge in [-0.1, -0.05) is 19.3 Å². The maximum atomic E-state index is 5.69. The fourth-order valence-corrected chi connectivity index (χ4v) is 2.31. The first-order valence-electron chi connectivity index (χ1n) is 6.18. The Balaban J connectivity index is 1.87. The molecule has 5 heteroatoms. The second-order valence-electron chi connectivity index (χ2n) is 4.31. The molecule has 4 nitrogen and oxygen atoms in total. The molecule has 0 unspecified atom stereocenters. The molecule has 1 saturated carbocycles. The minimum Gasteiger partial charge on any atom is -0.477 e. The van der Waals surface area contributed by atoms with Gasteiger partial charge in [0.15, 0.2) is 0 Å². The van der Waals surface area contributed by atoms with Crippen LogP contribution in [0.25, 0.3) is 0 Å². The third-order valence-corrected chi connectivity index (χ3v) is 3.81. The van der Waals surface area contributed by atoms with Gasteiger partial charge in [0, 0.05) is 6.54 Å². The highest BCUT2D eigenvalue weighted by molar-refractivity contribution is 9.10. The first kappa shape index (κ1) is 12.6. The summed E-state index contributed by atoms with van der Waals surface area (Å²) in [5.74, 6) is 2.29. The molecule has 17 heavy (non-hydrogen) atoms. The Kier molecular flexibility index (Phi) is 4.59. The maximum Gasteiger partial charge on any atom is 0.233 e. The zero-order chi connectivity index (χ0) is 12.1. The average molecular weight is 300 g/mol. The van der Waals surface area contributed by atoms with Gasteiger partial charge in [0.2, 0.25) is 5.88 Å². The highest BCUT2D eigenvalue weighted by Crippen LogP contribution is 2.31. The molecule has 0 bridgehead atoms. The molecule has 1 aromatic heterocycles. The smallest absolute Gasteiger partial charge is 0.233 e. The zero-order valence-corrected chi connectivity index (χ0v) is 11.7. The maximum absolute atomic E-state index is 5.69. The van der Waals surface area contributed by atoms with Crippen LogP contribution >= 0.6 is 15.9 Å². The van der Waals surface area contributed by atoms with Crippen molar-refractivity contribution in [2.75, 3.05) is 18.5 Å². The number of aromatic nitrogens is 2. The van der Waals surface area contributed by atoms with Crippen molar-refractivity contribution in [3.63, 3.8) is 0 Å². The molecule has 1 fully saturated rings. The van der Waals surface area contributed by atoms with E-state index in [0.29, 0.717) is 5.88 Å². The van der Waals surface area contributed by atoms with Gasteiger partial charge in [0.05, 0.1) is 6.61 Å². The molecule has 0 saturated heterocycles. The summed E-state index contributed by atoms with van der Waals surface area (Å²) in [6, 6.07) is 0. The summed E-state index contributed by atoms with van der Waals surface area (Å²) in [4.78, 5) is 8.29. The third kappa shape index (κ3) is 3.31. The number of rotatable bonds is 6. The summed E-state index contributed by atoms with van der Waals surface area (Å²) in [6.07, 6.45) is 6.76. The van der Waals surface area contributed by atoms with Crippen LogP contribution in [0.1, 0.15) is 32.6 Å². The van der Waals surface area contributed by atoms with Crippen molar-refractivity contribution in [2.45, 2.75) is 32.6 Å². The number of hydrogen-bond acceptors (Lipinski definition) is 4. The van der Waals surface area contributed by atoms with Crippen LogP contribution in [0.3, 0.4) is 0 Å². The van der Waals surface area contributed by atoms with Crippen molar-refractivity contribution in [3.05, 3.63) is 10.8 Å². The van der Waals surface area contributed by atoms with Gasteiger partial charge >= 0.3 is 0 Å². The molecule has 0 aliphatic heterocycles. The fraction of sp³-hybridized carbons (Fsp3) is 0.667. The van der Waals surface area contributed by atoms with Crippen LogP contribution in [0.4, 0.5) is 5.82 Å². The molecule has 0 atom stereocenters. The van der Waals surface area contributed by atoms with Crippen molar-refractivity contribution < 1.29 is 4.74 Å². The van der Waals surface area contributed by atoms with E-state index >= 15 is 0 Å². The summed E-state index contributed by atoms with van der Waals surface area (Å²) in [6.45, 7) is 3.61. The molecule has 94 valence electrons. The molecule has 1 N–H and O–H groups in total. The van der Waals surface area contributed by atoms with Crippen molar-refractivity contribution in [3.8, 4) is 5.88 Å². The Labute approximate surface area is 110 Å². The Hall–Kier alpha value is -0.840. The van der Waals surface area contributed by atoms with Crippen molar-refractivity contribution in [1.29, 1.82) is 0 Å². The molecule has 0 radical (unpaired) electrons. The summed E-state index contributed by atoms with van der Waals surface area (Å²) < 4.78 is 6.51. The Morgan fingerprint density at radius 3 is 2.94 bits per heavy atom. The molecule has 1 aromatic rings. The quantitative estimate of drug-likeness (QED) is 0.876. The van der Waals surface area contributed by atoms with Gasteiger partial charge in [-0.3, -0.25) is 0 Å². The van der Waals surface area contributed by atoms with E-state index in [2.05, 4.69) is 31.2 Å². The topological polar surface area (TPSA) is 47.0 Å². The third-order valence-electron chi connectivity index (χ3n) is 3.09. The van der Waals surface area contributed by atoms with Crippen LogP contribution in [0.5, 0.6) is 5.88 Å². The lowest BCUT2D eigenvalue weighted by atomic mass is 9.83. The van der Waals surface area contributed by atoms with E-state index in [1.807, 2.05) is 6.92 Å². The molecular formula is C12H18BrN3O. The van der Waals surface area contributed by atoms with E-state index < -0.39 is 0 Å². The largest absolute Gasteiger partial charge is 0.477 e. The molecule has 0 aromatic carbocycles. The number of ether oxygens (including phenoxy) is 1. The Morgan fingerprint density at radius 1 is 1.47 bits per heavy atom. The second kappa shape index (κ2) is 6.19. The molecule has 1 heterocycles. The van der Waals surface area contributed by atoms with Gasteiger partial charge in [0.1, 0.15) is 16.6 Å². The lowest BCUT2D eigenvalue weighted by Gasteiger charge is -2.24. The van der Waals surface area contributed by atoms with Crippen molar-refractivity contribution in [1.82, 2.24) is 9.97 Å². The van der Waals surface area contributed by atoms with Gasteiger partial charge in [0.25, 0.3) is 0 Å². The highest BCUT2D eigenvalue weighted by Gasteiger charge is 2.17. The molecule has 0 amide bonds. The first-order chi connectivity index (χ1) is 8.31. The number of anilines is 1. The fourth-order valence-electron chi connectivity index (χ4n) is 1.85. The first-order valence-corrected chi connectivity index (χ1v) is 6.97. The van der Waals surface area contributed by atoms with Crippen LogP contribution in [-0.4, -0.2) is 23.1 Å². The monoisotopic (exact) mass is 299 g/mol. The highest BCUT2D eigenvalue weighted by atomic mass is 79.9. The van der Waals surface area contributed by atoms with E-state index in [0.717, 1.165) is 35.8 Å². The van der Waals surface area contributed by atoms with Crippen LogP contribution in [-0.2, 0) is 0 Å². The van der Waals surface area contributed by atoms with E-state index in [4.69, 9.17) is 4.74 Å². The number of nitrogens with one attached hydrogen (secondary N) is 1. The van der Waals surface area contributed by atoms with Crippen molar-refractivity contribution >= 4 is 21.7 Å². The standard InChI is InChI=1S/C12H18BrN3O/c1-2-14-11-10(13)12(16-8-15-11)17-7-6-9-4-3-5-9/h8-9H,2-7H2,1H3,(H,14,15,16). The predicted octanol–water partition coefficient (Wildman–Crippen LogP) is 3.24. The summed E-state index contributed by atoms with van der Waals surface area (Å²) >= 11 is 3.47. The predicted molar refractivity (Wildman–Crippen MR) is 71.3 cm³/mol. The Morgan fingerprint density at radius 2 is 2.29 bits per heavy atom. The Bertz CT molecular complexity index is 369. The number of hydrogen-bond donors (Lipinski definition) is 1.